The number of carbonyl (C=O) groups excluding carboxylic acids is 2. The normalized spacial score (nSPS) is 11.0. The van der Waals surface area contributed by atoms with Crippen LogP contribution < -0.4 is 15.4 Å². The second-order valence-corrected chi connectivity index (χ2v) is 5.96. The summed E-state index contributed by atoms with van der Waals surface area (Å²) in [5.74, 6) is -0.673. The molecule has 0 aromatic heterocycles. The van der Waals surface area contributed by atoms with E-state index in [1.54, 1.807) is 56.3 Å². The molecule has 0 fully saturated rings. The summed E-state index contributed by atoms with van der Waals surface area (Å²) in [7, 11) is 0. The fraction of sp³-hybridized carbons (Fsp3) is 0.200. The van der Waals surface area contributed by atoms with Gasteiger partial charge in [-0.1, -0.05) is 32.0 Å². The molecule has 2 rings (SSSR count). The average Bonchev–Trinajstić information content (AvgIpc) is 2.62. The van der Waals surface area contributed by atoms with Gasteiger partial charge in [0.2, 0.25) is 11.8 Å². The first kappa shape index (κ1) is 20.1. The Bertz CT molecular complexity index is 818. The topological polar surface area (TPSA) is 67.4 Å². The Hall–Kier alpha value is -3.22. The van der Waals surface area contributed by atoms with Gasteiger partial charge >= 0.3 is 6.61 Å². The Morgan fingerprint density at radius 2 is 1.56 bits per heavy atom. The third-order valence-corrected chi connectivity index (χ3v) is 3.49. The predicted octanol–water partition coefficient (Wildman–Crippen LogP) is 4.53. The Kier molecular flexibility index (Phi) is 7.05. The van der Waals surface area contributed by atoms with E-state index in [4.69, 9.17) is 0 Å². The number of alkyl halides is 2. The van der Waals surface area contributed by atoms with Gasteiger partial charge in [0.05, 0.1) is 0 Å². The second-order valence-electron chi connectivity index (χ2n) is 5.96. The first-order valence-corrected chi connectivity index (χ1v) is 8.29. The van der Waals surface area contributed by atoms with Crippen LogP contribution in [0.25, 0.3) is 6.08 Å². The largest absolute Gasteiger partial charge is 0.434 e. The van der Waals surface area contributed by atoms with Crippen molar-refractivity contribution in [2.45, 2.75) is 20.5 Å². The highest BCUT2D eigenvalue weighted by atomic mass is 19.3. The minimum Gasteiger partial charge on any atom is -0.434 e. The van der Waals surface area contributed by atoms with E-state index in [1.165, 1.54) is 18.2 Å². The molecular weight excluding hydrogens is 354 g/mol. The number of ether oxygens (including phenoxy) is 1. The number of carbonyl (C=O) groups is 2. The van der Waals surface area contributed by atoms with Crippen molar-refractivity contribution < 1.29 is 23.1 Å². The predicted molar refractivity (Wildman–Crippen MR) is 101 cm³/mol. The summed E-state index contributed by atoms with van der Waals surface area (Å²) < 4.78 is 29.2. The number of para-hydroxylation sites is 1. The SMILES string of the molecule is CC(C)C(=O)Nc1ccc(NC(=O)/C=C/c2ccccc2OC(F)F)cc1. The van der Waals surface area contributed by atoms with Crippen molar-refractivity contribution in [3.05, 3.63) is 60.2 Å². The van der Waals surface area contributed by atoms with E-state index in [2.05, 4.69) is 15.4 Å². The van der Waals surface area contributed by atoms with Gasteiger partial charge in [-0.25, -0.2) is 0 Å². The second kappa shape index (κ2) is 9.47. The molecule has 0 radical (unpaired) electrons. The maximum Gasteiger partial charge on any atom is 0.387 e. The zero-order valence-electron chi connectivity index (χ0n) is 14.9. The highest BCUT2D eigenvalue weighted by Crippen LogP contribution is 2.21. The van der Waals surface area contributed by atoms with E-state index in [9.17, 15) is 18.4 Å². The Morgan fingerprint density at radius 3 is 2.15 bits per heavy atom. The molecule has 0 aliphatic carbocycles. The van der Waals surface area contributed by atoms with E-state index in [1.807, 2.05) is 0 Å². The fourth-order valence-electron chi connectivity index (χ4n) is 2.09. The van der Waals surface area contributed by atoms with Crippen molar-refractivity contribution in [2.24, 2.45) is 5.92 Å². The van der Waals surface area contributed by atoms with Gasteiger partial charge in [0.1, 0.15) is 5.75 Å². The van der Waals surface area contributed by atoms with Crippen molar-refractivity contribution in [1.29, 1.82) is 0 Å². The first-order chi connectivity index (χ1) is 12.8. The van der Waals surface area contributed by atoms with Gasteiger partial charge in [-0.3, -0.25) is 9.59 Å². The van der Waals surface area contributed by atoms with Crippen LogP contribution in [0, 0.1) is 5.92 Å². The van der Waals surface area contributed by atoms with Gasteiger partial charge in [0, 0.05) is 28.9 Å². The molecule has 142 valence electrons. The minimum absolute atomic E-state index is 0.0122. The highest BCUT2D eigenvalue weighted by molar-refractivity contribution is 6.02. The lowest BCUT2D eigenvalue weighted by Crippen LogP contribution is -2.17. The van der Waals surface area contributed by atoms with Crippen molar-refractivity contribution in [3.8, 4) is 5.75 Å². The molecule has 0 spiro atoms. The van der Waals surface area contributed by atoms with Crippen LogP contribution in [-0.2, 0) is 9.59 Å². The number of nitrogens with one attached hydrogen (secondary N) is 2. The van der Waals surface area contributed by atoms with Crippen LogP contribution in [0.2, 0.25) is 0 Å². The molecular formula is C20H20F2N2O3. The Morgan fingerprint density at radius 1 is 0.963 bits per heavy atom. The summed E-state index contributed by atoms with van der Waals surface area (Å²) in [4.78, 5) is 23.7. The van der Waals surface area contributed by atoms with E-state index < -0.39 is 12.5 Å². The molecule has 0 atom stereocenters. The number of halogens is 2. The van der Waals surface area contributed by atoms with E-state index in [0.29, 0.717) is 16.9 Å². The lowest BCUT2D eigenvalue weighted by molar-refractivity contribution is -0.119. The molecule has 2 amide bonds. The Balaban J connectivity index is 1.98. The van der Waals surface area contributed by atoms with Crippen LogP contribution in [0.5, 0.6) is 5.75 Å². The standard InChI is InChI=1S/C20H20F2N2O3/c1-13(2)19(26)24-16-10-8-15(9-11-16)23-18(25)12-7-14-5-3-4-6-17(14)27-20(21)22/h3-13,20H,1-2H3,(H,23,25)(H,24,26)/b12-7+. The van der Waals surface area contributed by atoms with Gasteiger partial charge in [-0.2, -0.15) is 8.78 Å². The van der Waals surface area contributed by atoms with Gasteiger partial charge < -0.3 is 15.4 Å². The van der Waals surface area contributed by atoms with Crippen LogP contribution in [-0.4, -0.2) is 18.4 Å². The van der Waals surface area contributed by atoms with Crippen molar-refractivity contribution >= 4 is 29.3 Å². The maximum atomic E-state index is 12.4. The number of benzene rings is 2. The molecule has 0 saturated heterocycles. The molecule has 0 saturated carbocycles. The van der Waals surface area contributed by atoms with E-state index in [0.717, 1.165) is 0 Å². The van der Waals surface area contributed by atoms with Gasteiger partial charge in [0.15, 0.2) is 0 Å². The summed E-state index contributed by atoms with van der Waals surface area (Å²) in [6.07, 6.45) is 2.62. The molecule has 0 heterocycles. The van der Waals surface area contributed by atoms with E-state index in [-0.39, 0.29) is 17.6 Å². The molecule has 2 aromatic rings. The third kappa shape index (κ3) is 6.54. The van der Waals surface area contributed by atoms with Crippen LogP contribution in [0.4, 0.5) is 20.2 Å². The number of rotatable bonds is 7. The summed E-state index contributed by atoms with van der Waals surface area (Å²) in [6, 6.07) is 12.8. The van der Waals surface area contributed by atoms with Gasteiger partial charge in [-0.05, 0) is 36.4 Å². The molecule has 2 N–H and O–H groups in total. The zero-order valence-corrected chi connectivity index (χ0v) is 14.9. The first-order valence-electron chi connectivity index (χ1n) is 8.29. The average molecular weight is 374 g/mol. The Labute approximate surface area is 156 Å². The molecule has 0 bridgehead atoms. The smallest absolute Gasteiger partial charge is 0.387 e. The minimum atomic E-state index is -2.94. The van der Waals surface area contributed by atoms with E-state index >= 15 is 0 Å². The lowest BCUT2D eigenvalue weighted by Gasteiger charge is -2.09. The van der Waals surface area contributed by atoms with Crippen molar-refractivity contribution in [2.75, 3.05) is 10.6 Å². The maximum absolute atomic E-state index is 12.4. The van der Waals surface area contributed by atoms with Crippen LogP contribution in [0.1, 0.15) is 19.4 Å². The third-order valence-electron chi connectivity index (χ3n) is 3.49. The fourth-order valence-corrected chi connectivity index (χ4v) is 2.09. The molecule has 2 aromatic carbocycles. The molecule has 0 aliphatic heterocycles. The van der Waals surface area contributed by atoms with Crippen LogP contribution in [0.15, 0.2) is 54.6 Å². The zero-order chi connectivity index (χ0) is 19.8. The quantitative estimate of drug-likeness (QED) is 0.700. The number of amides is 2. The van der Waals surface area contributed by atoms with Gasteiger partial charge in [0.25, 0.3) is 0 Å². The summed E-state index contributed by atoms with van der Waals surface area (Å²) in [6.45, 7) is 0.643. The molecule has 0 aliphatic rings. The molecule has 5 nitrogen and oxygen atoms in total. The number of hydrogen-bond donors (Lipinski definition) is 2. The highest BCUT2D eigenvalue weighted by Gasteiger charge is 2.08. The molecule has 0 unspecified atom stereocenters. The molecule has 7 heteroatoms. The monoisotopic (exact) mass is 374 g/mol. The van der Waals surface area contributed by atoms with Gasteiger partial charge in [-0.15, -0.1) is 0 Å². The van der Waals surface area contributed by atoms with Crippen molar-refractivity contribution in [1.82, 2.24) is 0 Å². The molecule has 27 heavy (non-hydrogen) atoms. The van der Waals surface area contributed by atoms with Crippen LogP contribution >= 0.6 is 0 Å². The number of hydrogen-bond acceptors (Lipinski definition) is 3. The van der Waals surface area contributed by atoms with Crippen molar-refractivity contribution in [3.63, 3.8) is 0 Å². The van der Waals surface area contributed by atoms with Crippen LogP contribution in [0.3, 0.4) is 0 Å². The summed E-state index contributed by atoms with van der Waals surface area (Å²) >= 11 is 0. The lowest BCUT2D eigenvalue weighted by atomic mass is 10.2. The summed E-state index contributed by atoms with van der Waals surface area (Å²) in [5, 5.41) is 5.40. The number of anilines is 2. The summed E-state index contributed by atoms with van der Waals surface area (Å²) in [5.41, 5.74) is 1.52.